The van der Waals surface area contributed by atoms with Crippen LogP contribution in [-0.2, 0) is 10.2 Å². The van der Waals surface area contributed by atoms with E-state index in [1.807, 2.05) is 18.9 Å². The number of hydrogen-bond acceptors (Lipinski definition) is 11. The van der Waals surface area contributed by atoms with Crippen molar-refractivity contribution >= 4 is 17.7 Å². The number of alkyl halides is 1. The lowest BCUT2D eigenvalue weighted by Crippen LogP contribution is -2.50. The third kappa shape index (κ3) is 8.38. The second kappa shape index (κ2) is 14.4. The smallest absolute Gasteiger partial charge is 0.410 e. The Kier molecular flexibility index (Phi) is 10.6. The van der Waals surface area contributed by atoms with Crippen molar-refractivity contribution in [2.45, 2.75) is 109 Å². The maximum absolute atomic E-state index is 14.9. The first-order valence-corrected chi connectivity index (χ1v) is 16.7. The van der Waals surface area contributed by atoms with Crippen molar-refractivity contribution in [3.05, 3.63) is 46.6 Å². The average molecular weight is 702 g/mol. The van der Waals surface area contributed by atoms with Crippen LogP contribution in [0.15, 0.2) is 28.8 Å². The van der Waals surface area contributed by atoms with Gasteiger partial charge in [0.1, 0.15) is 29.8 Å². The summed E-state index contributed by atoms with van der Waals surface area (Å²) in [6.07, 6.45) is -1.09. The molecule has 0 radical (unpaired) electrons. The predicted molar refractivity (Wildman–Crippen MR) is 175 cm³/mol. The van der Waals surface area contributed by atoms with E-state index in [2.05, 4.69) is 26.2 Å². The lowest BCUT2D eigenvalue weighted by Gasteiger charge is -2.38. The number of piperidine rings is 1. The molecule has 1 aromatic carbocycles. The molecule has 12 nitrogen and oxygen atoms in total. The number of nitriles is 1. The minimum Gasteiger partial charge on any atom is -0.474 e. The Balaban J connectivity index is 1.43. The molecule has 264 valence electrons. The maximum Gasteiger partial charge on any atom is 0.410 e. The molecule has 4 heterocycles. The van der Waals surface area contributed by atoms with Crippen LogP contribution in [0.5, 0.6) is 11.8 Å². The summed E-state index contributed by atoms with van der Waals surface area (Å²) in [5, 5.41) is 13.8. The molecule has 0 unspecified atom stereocenters. The number of nitrogens with zero attached hydrogens (tertiary/aromatic N) is 7. The van der Waals surface area contributed by atoms with Gasteiger partial charge in [0.15, 0.2) is 0 Å². The molecule has 2 aliphatic heterocycles. The van der Waals surface area contributed by atoms with Crippen LogP contribution in [-0.4, -0.2) is 92.2 Å². The van der Waals surface area contributed by atoms with Crippen LogP contribution < -0.4 is 9.47 Å². The molecule has 5 rings (SSSR count). The third-order valence-corrected chi connectivity index (χ3v) is 9.05. The monoisotopic (exact) mass is 701 g/mol. The van der Waals surface area contributed by atoms with E-state index in [0.29, 0.717) is 32.4 Å². The number of amides is 1. The fourth-order valence-corrected chi connectivity index (χ4v) is 6.73. The summed E-state index contributed by atoms with van der Waals surface area (Å²) >= 11 is 6.37. The number of carbonyl (C=O) groups is 1. The van der Waals surface area contributed by atoms with Gasteiger partial charge in [-0.3, -0.25) is 4.90 Å². The number of likely N-dealkylation sites (tertiary alicyclic amines) is 2. The summed E-state index contributed by atoms with van der Waals surface area (Å²) in [5.41, 5.74) is -1.60. The summed E-state index contributed by atoms with van der Waals surface area (Å²) < 4.78 is 52.8. The van der Waals surface area contributed by atoms with E-state index in [1.165, 1.54) is 18.2 Å². The first kappa shape index (κ1) is 36.2. The van der Waals surface area contributed by atoms with Crippen molar-refractivity contribution in [3.8, 4) is 29.5 Å². The molecule has 1 amide bonds. The zero-order valence-electron chi connectivity index (χ0n) is 28.7. The average Bonchev–Trinajstić information content (AvgIpc) is 3.63. The molecule has 2 aromatic heterocycles. The van der Waals surface area contributed by atoms with E-state index >= 15 is 0 Å². The minimum absolute atomic E-state index is 0.00222. The molecule has 0 saturated carbocycles. The second-order valence-electron chi connectivity index (χ2n) is 14.1. The predicted octanol–water partition coefficient (Wildman–Crippen LogP) is 6.52. The molecule has 2 fully saturated rings. The van der Waals surface area contributed by atoms with Crippen molar-refractivity contribution in [1.29, 1.82) is 5.26 Å². The fourth-order valence-electron chi connectivity index (χ4n) is 6.33. The van der Waals surface area contributed by atoms with Gasteiger partial charge in [-0.05, 0) is 67.1 Å². The van der Waals surface area contributed by atoms with Gasteiger partial charge in [-0.2, -0.15) is 20.2 Å². The molecule has 15 heteroatoms. The van der Waals surface area contributed by atoms with Crippen LogP contribution in [0.1, 0.15) is 78.7 Å². The molecule has 2 aliphatic rings. The number of aromatic nitrogens is 4. The molecule has 2 saturated heterocycles. The topological polar surface area (TPSA) is 140 Å². The van der Waals surface area contributed by atoms with Crippen LogP contribution in [0.3, 0.4) is 0 Å². The lowest BCUT2D eigenvalue weighted by molar-refractivity contribution is -0.00382. The third-order valence-electron chi connectivity index (χ3n) is 8.74. The Morgan fingerprint density at radius 1 is 1.16 bits per heavy atom. The summed E-state index contributed by atoms with van der Waals surface area (Å²) in [7, 11) is 1.84. The lowest BCUT2D eigenvalue weighted by atomic mass is 9.84. The largest absolute Gasteiger partial charge is 0.474 e. The van der Waals surface area contributed by atoms with Gasteiger partial charge in [-0.15, -0.1) is 0 Å². The first-order chi connectivity index (χ1) is 23.0. The highest BCUT2D eigenvalue weighted by atomic mass is 35.5. The summed E-state index contributed by atoms with van der Waals surface area (Å²) in [6, 6.07) is 7.47. The van der Waals surface area contributed by atoms with Gasteiger partial charge in [0, 0.05) is 42.6 Å². The molecular weight excluding hydrogens is 660 g/mol. The van der Waals surface area contributed by atoms with Gasteiger partial charge < -0.3 is 23.6 Å². The van der Waals surface area contributed by atoms with E-state index in [1.54, 1.807) is 45.6 Å². The van der Waals surface area contributed by atoms with E-state index in [-0.39, 0.29) is 52.3 Å². The molecule has 0 aliphatic carbocycles. The number of hydrogen-bond donors (Lipinski definition) is 0. The molecule has 49 heavy (non-hydrogen) atoms. The Morgan fingerprint density at radius 3 is 2.55 bits per heavy atom. The van der Waals surface area contributed by atoms with Gasteiger partial charge >= 0.3 is 6.09 Å². The highest BCUT2D eigenvalue weighted by Crippen LogP contribution is 2.38. The van der Waals surface area contributed by atoms with Gasteiger partial charge in [0.25, 0.3) is 0 Å². The normalized spacial score (nSPS) is 22.4. The minimum atomic E-state index is -1.11. The molecule has 0 spiro atoms. The highest BCUT2D eigenvalue weighted by molar-refractivity contribution is 6.31. The number of ether oxygens (including phenoxy) is 3. The maximum atomic E-state index is 14.9. The van der Waals surface area contributed by atoms with Crippen LogP contribution in [0, 0.1) is 17.1 Å². The van der Waals surface area contributed by atoms with E-state index in [9.17, 15) is 18.8 Å². The number of rotatable bonds is 9. The van der Waals surface area contributed by atoms with Crippen LogP contribution in [0.25, 0.3) is 11.6 Å². The Bertz CT molecular complexity index is 1670. The van der Waals surface area contributed by atoms with Crippen molar-refractivity contribution in [1.82, 2.24) is 29.9 Å². The summed E-state index contributed by atoms with van der Waals surface area (Å²) in [5.74, 6) is -0.130. The molecule has 3 aromatic rings. The Labute approximate surface area is 289 Å². The van der Waals surface area contributed by atoms with Crippen molar-refractivity contribution in [2.24, 2.45) is 0 Å². The van der Waals surface area contributed by atoms with E-state index in [4.69, 9.17) is 30.3 Å². The van der Waals surface area contributed by atoms with Crippen LogP contribution in [0.4, 0.5) is 13.6 Å². The van der Waals surface area contributed by atoms with Crippen molar-refractivity contribution in [3.63, 3.8) is 0 Å². The number of likely N-dealkylation sites (N-methyl/N-ethyl adjacent to an activating group) is 1. The van der Waals surface area contributed by atoms with E-state index < -0.39 is 47.3 Å². The van der Waals surface area contributed by atoms with Crippen LogP contribution >= 0.6 is 11.6 Å². The zero-order valence-corrected chi connectivity index (χ0v) is 29.5. The van der Waals surface area contributed by atoms with Crippen molar-refractivity contribution in [2.75, 3.05) is 20.1 Å². The quantitative estimate of drug-likeness (QED) is 0.241. The molecular formula is C34H42ClF2N7O5. The van der Waals surface area contributed by atoms with Gasteiger partial charge in [-0.1, -0.05) is 22.8 Å². The van der Waals surface area contributed by atoms with Gasteiger partial charge in [-0.25, -0.2) is 13.6 Å². The summed E-state index contributed by atoms with van der Waals surface area (Å²) in [6.45, 7) is 11.2. The second-order valence-corrected chi connectivity index (χ2v) is 14.5. The molecule has 0 N–H and O–H groups in total. The Morgan fingerprint density at radius 2 is 1.90 bits per heavy atom. The highest BCUT2D eigenvalue weighted by Gasteiger charge is 2.38. The number of halogens is 3. The van der Waals surface area contributed by atoms with E-state index in [0.717, 1.165) is 0 Å². The van der Waals surface area contributed by atoms with Gasteiger partial charge in [0.2, 0.25) is 29.3 Å². The Hall–Kier alpha value is -4.09. The molecule has 0 bridgehead atoms. The number of carbonyl (C=O) groups excluding carboxylic acids is 1. The SMILES string of the molecule is C[C@H](Oc1cc(O[C@H]2CCN(C(=O)OC(C)(C)C)[C@H](CC#N)C2)nc(-c2noc(C(C)(C)c3c(F)cccc3Cl)n2)n1)[C@@H]1C[C@H](F)CN1C. The fraction of sp³-hybridized carbons (Fsp3) is 0.588. The zero-order chi connectivity index (χ0) is 35.7. The van der Waals surface area contributed by atoms with Gasteiger partial charge in [0.05, 0.1) is 30.0 Å². The number of benzene rings is 1. The van der Waals surface area contributed by atoms with Crippen molar-refractivity contribution < 1.29 is 32.3 Å². The summed E-state index contributed by atoms with van der Waals surface area (Å²) in [4.78, 5) is 30.0. The van der Waals surface area contributed by atoms with Crippen LogP contribution in [0.2, 0.25) is 5.02 Å². The molecule has 5 atom stereocenters. The standard InChI is InChI=1S/C34H42ClF2N7O5/c1-19(25-15-20(36)18-43(25)7)46-26-17-27(47-22-12-14-44(21(16-22)11-13-38)32(45)48-33(2,3)4)40-29(39-26)30-41-31(49-42-30)34(5,6)28-23(35)9-8-10-24(28)37/h8-10,17,19-22,25H,11-12,14-16,18H2,1-7H3/t19-,20-,21+,22-,25-/m0/s1. The first-order valence-electron chi connectivity index (χ1n) is 16.3.